The van der Waals surface area contributed by atoms with Crippen molar-refractivity contribution >= 4 is 11.8 Å². The number of hydrogen-bond acceptors (Lipinski definition) is 6. The van der Waals surface area contributed by atoms with Crippen molar-refractivity contribution in [2.75, 3.05) is 7.11 Å². The fraction of sp³-hybridized carbons (Fsp3) is 0.895. The standard InChI is InChI=1S/C9H16N4O2.C9H15NO2.CH4O/c1-2-3-7(12-13-10)8(14)9(15)11-6-4-5-6;1-2-3-7-8(12-7)9(11)10-6-4-5-6;1-2/h6-8,14H,2-5H2,1H3,(H,11,15);6-8H,2-5H2,1H3,(H,10,11);2H,1H3/t7-,8-;;/m0../s1. The molecule has 3 fully saturated rings. The molecule has 10 heteroatoms. The number of nitrogens with one attached hydrogen (secondary N) is 2. The first-order valence-corrected chi connectivity index (χ1v) is 10.4. The zero-order valence-electron chi connectivity index (χ0n) is 17.6. The Bertz CT molecular complexity index is 561. The van der Waals surface area contributed by atoms with Crippen molar-refractivity contribution < 1.29 is 24.5 Å². The fourth-order valence-corrected chi connectivity index (χ4v) is 2.72. The second-order valence-electron chi connectivity index (χ2n) is 7.46. The van der Waals surface area contributed by atoms with E-state index in [4.69, 9.17) is 15.4 Å². The highest BCUT2D eigenvalue weighted by molar-refractivity contribution is 5.84. The second-order valence-corrected chi connectivity index (χ2v) is 7.46. The Morgan fingerprint density at radius 1 is 1.14 bits per heavy atom. The lowest BCUT2D eigenvalue weighted by Gasteiger charge is -2.16. The second kappa shape index (κ2) is 13.4. The molecule has 2 amide bonds. The smallest absolute Gasteiger partial charge is 0.252 e. The summed E-state index contributed by atoms with van der Waals surface area (Å²) < 4.78 is 5.24. The monoisotopic (exact) mass is 413 g/mol. The van der Waals surface area contributed by atoms with Crippen LogP contribution in [0.1, 0.15) is 65.2 Å². The van der Waals surface area contributed by atoms with Crippen LogP contribution < -0.4 is 10.6 Å². The molecule has 2 unspecified atom stereocenters. The van der Waals surface area contributed by atoms with E-state index in [0.29, 0.717) is 12.5 Å². The van der Waals surface area contributed by atoms with Crippen LogP contribution in [0.3, 0.4) is 0 Å². The summed E-state index contributed by atoms with van der Waals surface area (Å²) in [5.74, 6) is -0.320. The van der Waals surface area contributed by atoms with Gasteiger partial charge in [-0.3, -0.25) is 9.59 Å². The Morgan fingerprint density at radius 3 is 2.21 bits per heavy atom. The maximum absolute atomic E-state index is 11.4. The molecule has 4 N–H and O–H groups in total. The molecule has 2 aliphatic carbocycles. The van der Waals surface area contributed by atoms with Crippen LogP contribution in [0, 0.1) is 0 Å². The summed E-state index contributed by atoms with van der Waals surface area (Å²) in [6.07, 6.45) is 6.51. The van der Waals surface area contributed by atoms with E-state index in [2.05, 4.69) is 27.6 Å². The van der Waals surface area contributed by atoms with E-state index < -0.39 is 18.1 Å². The van der Waals surface area contributed by atoms with E-state index in [9.17, 15) is 14.7 Å². The number of epoxide rings is 1. The van der Waals surface area contributed by atoms with Gasteiger partial charge in [-0.1, -0.05) is 31.8 Å². The van der Waals surface area contributed by atoms with Crippen molar-refractivity contribution in [3.05, 3.63) is 10.4 Å². The highest BCUT2D eigenvalue weighted by Gasteiger charge is 2.45. The third kappa shape index (κ3) is 9.94. The first-order valence-electron chi connectivity index (χ1n) is 10.4. The van der Waals surface area contributed by atoms with Gasteiger partial charge in [-0.25, -0.2) is 0 Å². The lowest BCUT2D eigenvalue weighted by Crippen LogP contribution is -2.42. The van der Waals surface area contributed by atoms with Crippen molar-refractivity contribution in [2.24, 2.45) is 5.11 Å². The van der Waals surface area contributed by atoms with Gasteiger partial charge >= 0.3 is 0 Å². The van der Waals surface area contributed by atoms with E-state index >= 15 is 0 Å². The molecule has 0 spiro atoms. The highest BCUT2D eigenvalue weighted by atomic mass is 16.6. The third-order valence-electron chi connectivity index (χ3n) is 4.68. The van der Waals surface area contributed by atoms with Gasteiger partial charge in [0.25, 0.3) is 5.91 Å². The van der Waals surface area contributed by atoms with Gasteiger partial charge < -0.3 is 25.6 Å². The number of amides is 2. The fourth-order valence-electron chi connectivity index (χ4n) is 2.72. The number of rotatable bonds is 10. The van der Waals surface area contributed by atoms with E-state index in [-0.39, 0.29) is 24.2 Å². The lowest BCUT2D eigenvalue weighted by atomic mass is 10.1. The Kier molecular flexibility index (Phi) is 11.6. The van der Waals surface area contributed by atoms with E-state index in [1.54, 1.807) is 0 Å². The molecule has 10 nitrogen and oxygen atoms in total. The summed E-state index contributed by atoms with van der Waals surface area (Å²) in [5, 5.41) is 25.7. The zero-order chi connectivity index (χ0) is 21.8. The minimum atomic E-state index is -1.22. The zero-order valence-corrected chi connectivity index (χ0v) is 17.6. The molecular formula is C19H35N5O5. The average Bonchev–Trinajstić information content (AvgIpc) is 3.53. The number of hydrogen-bond donors (Lipinski definition) is 4. The molecule has 29 heavy (non-hydrogen) atoms. The quantitative estimate of drug-likeness (QED) is 0.185. The highest BCUT2D eigenvalue weighted by Crippen LogP contribution is 2.28. The number of ether oxygens (including phenoxy) is 1. The topological polar surface area (TPSA) is 160 Å². The molecule has 0 aromatic carbocycles. The molecule has 0 bridgehead atoms. The normalized spacial score (nSPS) is 23.6. The van der Waals surface area contributed by atoms with Gasteiger partial charge in [0, 0.05) is 24.1 Å². The molecule has 3 aliphatic rings. The van der Waals surface area contributed by atoms with Crippen molar-refractivity contribution in [2.45, 2.75) is 102 Å². The maximum Gasteiger partial charge on any atom is 0.252 e. The van der Waals surface area contributed by atoms with Crippen LogP contribution >= 0.6 is 0 Å². The molecule has 4 atom stereocenters. The Morgan fingerprint density at radius 2 is 1.72 bits per heavy atom. The molecular weight excluding hydrogens is 378 g/mol. The molecule has 3 rings (SSSR count). The summed E-state index contributed by atoms with van der Waals surface area (Å²) in [4.78, 5) is 25.4. The summed E-state index contributed by atoms with van der Waals surface area (Å²) in [6.45, 7) is 4.02. The third-order valence-corrected chi connectivity index (χ3v) is 4.68. The van der Waals surface area contributed by atoms with Crippen LogP contribution in [-0.2, 0) is 14.3 Å². The van der Waals surface area contributed by atoms with Crippen LogP contribution in [0.5, 0.6) is 0 Å². The lowest BCUT2D eigenvalue weighted by molar-refractivity contribution is -0.130. The van der Waals surface area contributed by atoms with Crippen molar-refractivity contribution in [3.63, 3.8) is 0 Å². The van der Waals surface area contributed by atoms with Gasteiger partial charge in [0.2, 0.25) is 5.91 Å². The predicted octanol–water partition coefficient (Wildman–Crippen LogP) is 1.55. The predicted molar refractivity (Wildman–Crippen MR) is 108 cm³/mol. The summed E-state index contributed by atoms with van der Waals surface area (Å²) in [7, 11) is 1.00. The van der Waals surface area contributed by atoms with Crippen LogP contribution in [0.2, 0.25) is 0 Å². The van der Waals surface area contributed by atoms with E-state index in [0.717, 1.165) is 52.1 Å². The first-order chi connectivity index (χ1) is 14.0. The number of azide groups is 1. The van der Waals surface area contributed by atoms with E-state index in [1.807, 2.05) is 6.92 Å². The number of carbonyl (C=O) groups is 2. The Labute approximate surface area is 172 Å². The Hall–Kier alpha value is -1.87. The van der Waals surface area contributed by atoms with Gasteiger partial charge in [-0.15, -0.1) is 0 Å². The minimum absolute atomic E-state index is 0.107. The molecule has 0 aromatic heterocycles. The van der Waals surface area contributed by atoms with Crippen LogP contribution in [0.25, 0.3) is 10.4 Å². The first kappa shape index (κ1) is 25.2. The SMILES string of the molecule is CCCC1OC1C(=O)NC1CC1.CCC[C@H](N=[N+]=[N-])[C@H](O)C(=O)NC1CC1.CO. The molecule has 1 aliphatic heterocycles. The Balaban J connectivity index is 0.000000272. The molecule has 1 heterocycles. The molecule has 166 valence electrons. The molecule has 0 aromatic rings. The average molecular weight is 414 g/mol. The van der Waals surface area contributed by atoms with Crippen LogP contribution in [-0.4, -0.2) is 65.6 Å². The van der Waals surface area contributed by atoms with Crippen LogP contribution in [0.4, 0.5) is 0 Å². The number of carbonyl (C=O) groups excluding carboxylic acids is 2. The summed E-state index contributed by atoms with van der Waals surface area (Å²) in [6, 6.07) is 0.0169. The number of nitrogens with zero attached hydrogens (tertiary/aromatic N) is 3. The summed E-state index contributed by atoms with van der Waals surface area (Å²) in [5.41, 5.74) is 8.30. The molecule has 2 saturated carbocycles. The van der Waals surface area contributed by atoms with Gasteiger partial charge in [0.1, 0.15) is 6.10 Å². The van der Waals surface area contributed by atoms with Crippen molar-refractivity contribution in [1.82, 2.24) is 10.6 Å². The molecule has 1 saturated heterocycles. The van der Waals surface area contributed by atoms with Crippen molar-refractivity contribution in [1.29, 1.82) is 0 Å². The van der Waals surface area contributed by atoms with Crippen molar-refractivity contribution in [3.8, 4) is 0 Å². The van der Waals surface area contributed by atoms with Crippen LogP contribution in [0.15, 0.2) is 5.11 Å². The molecule has 0 radical (unpaired) electrons. The number of aliphatic hydroxyl groups is 2. The maximum atomic E-state index is 11.4. The van der Waals surface area contributed by atoms with Gasteiger partial charge in [0.15, 0.2) is 6.10 Å². The van der Waals surface area contributed by atoms with Gasteiger partial charge in [-0.2, -0.15) is 0 Å². The van der Waals surface area contributed by atoms with E-state index in [1.165, 1.54) is 0 Å². The van der Waals surface area contributed by atoms with Gasteiger partial charge in [0.05, 0.1) is 12.1 Å². The summed E-state index contributed by atoms with van der Waals surface area (Å²) >= 11 is 0. The van der Waals surface area contributed by atoms with Gasteiger partial charge in [-0.05, 0) is 44.1 Å². The largest absolute Gasteiger partial charge is 0.400 e. The minimum Gasteiger partial charge on any atom is -0.400 e. The number of aliphatic hydroxyl groups excluding tert-OH is 2.